The molecular weight excluding hydrogens is 444 g/mol. The molecule has 2 fully saturated rings. The van der Waals surface area contributed by atoms with E-state index in [2.05, 4.69) is 45.3 Å². The fourth-order valence-corrected chi connectivity index (χ4v) is 4.69. The molecule has 1 aromatic heterocycles. The lowest BCUT2D eigenvalue weighted by Gasteiger charge is -2.37. The van der Waals surface area contributed by atoms with Gasteiger partial charge in [0.1, 0.15) is 0 Å². The minimum Gasteiger partial charge on any atom is -0.481 e. The minimum absolute atomic E-state index is 0.0424. The number of ether oxygens (including phenoxy) is 2. The van der Waals surface area contributed by atoms with E-state index in [1.165, 1.54) is 12.8 Å². The quantitative estimate of drug-likeness (QED) is 0.393. The second kappa shape index (κ2) is 12.2. The zero-order valence-corrected chi connectivity index (χ0v) is 20.9. The number of aromatic nitrogens is 2. The number of carboxylic acids is 1. The lowest BCUT2D eigenvalue weighted by molar-refractivity contribution is -0.137. The first kappa shape index (κ1) is 25.2. The summed E-state index contributed by atoms with van der Waals surface area (Å²) in [5, 5.41) is 12.9. The third kappa shape index (κ3) is 7.07. The molecule has 2 aliphatic rings. The molecule has 1 aliphatic carbocycles. The second-order valence-electron chi connectivity index (χ2n) is 9.65. The van der Waals surface area contributed by atoms with Gasteiger partial charge in [0, 0.05) is 25.8 Å². The molecule has 2 aromatic rings. The van der Waals surface area contributed by atoms with Crippen LogP contribution in [0.25, 0.3) is 0 Å². The van der Waals surface area contributed by atoms with Gasteiger partial charge in [0.15, 0.2) is 0 Å². The lowest BCUT2D eigenvalue weighted by Crippen LogP contribution is -2.40. The summed E-state index contributed by atoms with van der Waals surface area (Å²) in [5.74, 6) is -0.173. The minimum atomic E-state index is -0.777. The van der Waals surface area contributed by atoms with Crippen LogP contribution in [0.15, 0.2) is 30.6 Å². The Morgan fingerprint density at radius 1 is 1.20 bits per heavy atom. The number of hydrogen-bond acceptors (Lipinski definition) is 7. The van der Waals surface area contributed by atoms with Gasteiger partial charge in [-0.05, 0) is 68.1 Å². The molecule has 8 nitrogen and oxygen atoms in total. The highest BCUT2D eigenvalue weighted by molar-refractivity contribution is 5.77. The molecule has 35 heavy (non-hydrogen) atoms. The Bertz CT molecular complexity index is 958. The summed E-state index contributed by atoms with van der Waals surface area (Å²) in [6.45, 7) is 7.40. The highest BCUT2D eigenvalue weighted by Crippen LogP contribution is 2.36. The van der Waals surface area contributed by atoms with Gasteiger partial charge in [-0.3, -0.25) is 4.79 Å². The van der Waals surface area contributed by atoms with Crippen LogP contribution in [0, 0.1) is 5.92 Å². The number of hydrogen-bond donors (Lipinski definition) is 2. The largest absolute Gasteiger partial charge is 0.481 e. The van der Waals surface area contributed by atoms with Crippen LogP contribution in [-0.2, 0) is 9.53 Å². The van der Waals surface area contributed by atoms with Gasteiger partial charge in [-0.15, -0.1) is 0 Å². The van der Waals surface area contributed by atoms with Crippen molar-refractivity contribution in [2.24, 2.45) is 5.92 Å². The first-order chi connectivity index (χ1) is 17.1. The van der Waals surface area contributed by atoms with Gasteiger partial charge in [-0.1, -0.05) is 19.9 Å². The maximum Gasteiger partial charge on any atom is 0.316 e. The predicted octanol–water partition coefficient (Wildman–Crippen LogP) is 5.37. The molecule has 1 saturated carbocycles. The Morgan fingerprint density at radius 2 is 1.94 bits per heavy atom. The van der Waals surface area contributed by atoms with Crippen LogP contribution in [0.3, 0.4) is 0 Å². The Kier molecular flexibility index (Phi) is 8.79. The summed E-state index contributed by atoms with van der Waals surface area (Å²) in [5.41, 5.74) is 3.86. The summed E-state index contributed by atoms with van der Waals surface area (Å²) in [6, 6.07) is 7.14. The van der Waals surface area contributed by atoms with Crippen molar-refractivity contribution in [2.45, 2.75) is 70.8 Å². The second-order valence-corrected chi connectivity index (χ2v) is 9.65. The number of benzene rings is 1. The van der Waals surface area contributed by atoms with E-state index < -0.39 is 5.97 Å². The number of anilines is 3. The van der Waals surface area contributed by atoms with Gasteiger partial charge in [-0.2, -0.15) is 0 Å². The van der Waals surface area contributed by atoms with E-state index in [4.69, 9.17) is 9.47 Å². The van der Waals surface area contributed by atoms with E-state index in [1.54, 1.807) is 12.4 Å². The normalized spacial score (nSPS) is 17.1. The van der Waals surface area contributed by atoms with Crippen molar-refractivity contribution in [1.82, 2.24) is 9.97 Å². The van der Waals surface area contributed by atoms with Crippen molar-refractivity contribution in [2.75, 3.05) is 36.6 Å². The van der Waals surface area contributed by atoms with E-state index >= 15 is 0 Å². The van der Waals surface area contributed by atoms with Crippen molar-refractivity contribution in [3.8, 4) is 6.01 Å². The molecule has 8 heteroatoms. The van der Waals surface area contributed by atoms with Gasteiger partial charge >= 0.3 is 12.0 Å². The SMILES string of the molecule is CCCN(c1ccc(C(CC)CC(=O)O)cc1Nc1cnc(OCC2CC2)nc1)C1CCOCC1. The van der Waals surface area contributed by atoms with E-state index in [0.717, 1.165) is 68.1 Å². The fourth-order valence-electron chi connectivity index (χ4n) is 4.69. The molecule has 0 bridgehead atoms. The molecule has 0 amide bonds. The maximum atomic E-state index is 11.5. The van der Waals surface area contributed by atoms with Crippen LogP contribution in [0.5, 0.6) is 6.01 Å². The molecule has 1 aliphatic heterocycles. The van der Waals surface area contributed by atoms with Crippen molar-refractivity contribution < 1.29 is 19.4 Å². The molecule has 2 N–H and O–H groups in total. The van der Waals surface area contributed by atoms with Crippen LogP contribution in [-0.4, -0.2) is 53.5 Å². The molecule has 1 saturated heterocycles. The molecule has 1 unspecified atom stereocenters. The number of aliphatic carboxylic acids is 1. The standard InChI is InChI=1S/C27H38N4O4/c1-3-11-31(23-9-12-34-13-10-23)25-8-7-21(20(4-2)15-26(32)33)14-24(25)30-22-16-28-27(29-17-22)35-18-19-5-6-19/h7-8,14,16-17,19-20,23,30H,3-6,9-13,15,18H2,1-2H3,(H,32,33). The predicted molar refractivity (Wildman–Crippen MR) is 137 cm³/mol. The number of nitrogens with zero attached hydrogens (tertiary/aromatic N) is 3. The molecule has 1 aromatic carbocycles. The average molecular weight is 483 g/mol. The summed E-state index contributed by atoms with van der Waals surface area (Å²) in [7, 11) is 0. The zero-order valence-electron chi connectivity index (χ0n) is 20.9. The van der Waals surface area contributed by atoms with E-state index in [9.17, 15) is 9.90 Å². The third-order valence-electron chi connectivity index (χ3n) is 6.86. The summed E-state index contributed by atoms with van der Waals surface area (Å²) in [4.78, 5) is 22.7. The number of carbonyl (C=O) groups is 1. The molecule has 4 rings (SSSR count). The van der Waals surface area contributed by atoms with Crippen molar-refractivity contribution >= 4 is 23.0 Å². The topological polar surface area (TPSA) is 96.8 Å². The zero-order chi connectivity index (χ0) is 24.6. The van der Waals surface area contributed by atoms with E-state index in [0.29, 0.717) is 24.6 Å². The van der Waals surface area contributed by atoms with Crippen LogP contribution in [0.1, 0.15) is 70.3 Å². The Morgan fingerprint density at radius 3 is 2.57 bits per heavy atom. The smallest absolute Gasteiger partial charge is 0.316 e. The molecule has 1 atom stereocenters. The van der Waals surface area contributed by atoms with Gasteiger partial charge in [-0.25, -0.2) is 9.97 Å². The van der Waals surface area contributed by atoms with Crippen molar-refractivity contribution in [1.29, 1.82) is 0 Å². The molecular formula is C27H38N4O4. The average Bonchev–Trinajstić information content (AvgIpc) is 3.71. The molecule has 190 valence electrons. The van der Waals surface area contributed by atoms with Crippen LogP contribution in [0.2, 0.25) is 0 Å². The monoisotopic (exact) mass is 482 g/mol. The lowest BCUT2D eigenvalue weighted by atomic mass is 9.92. The van der Waals surface area contributed by atoms with Crippen molar-refractivity contribution in [3.05, 3.63) is 36.2 Å². The Balaban J connectivity index is 1.62. The first-order valence-corrected chi connectivity index (χ1v) is 13.0. The molecule has 0 radical (unpaired) electrons. The van der Waals surface area contributed by atoms with Crippen LogP contribution < -0.4 is 15.0 Å². The fraction of sp³-hybridized carbons (Fsp3) is 0.593. The number of nitrogens with one attached hydrogen (secondary N) is 1. The number of carboxylic acid groups (broad SMARTS) is 1. The van der Waals surface area contributed by atoms with Gasteiger partial charge in [0.2, 0.25) is 0 Å². The highest BCUT2D eigenvalue weighted by atomic mass is 16.5. The van der Waals surface area contributed by atoms with Gasteiger partial charge < -0.3 is 24.8 Å². The first-order valence-electron chi connectivity index (χ1n) is 13.0. The van der Waals surface area contributed by atoms with Gasteiger partial charge in [0.25, 0.3) is 0 Å². The third-order valence-corrected chi connectivity index (χ3v) is 6.86. The summed E-state index contributed by atoms with van der Waals surface area (Å²) < 4.78 is 11.3. The molecule has 2 heterocycles. The van der Waals surface area contributed by atoms with E-state index in [1.807, 2.05) is 6.92 Å². The maximum absolute atomic E-state index is 11.5. The highest BCUT2D eigenvalue weighted by Gasteiger charge is 2.25. The Hall–Kier alpha value is -2.87. The van der Waals surface area contributed by atoms with E-state index in [-0.39, 0.29) is 12.3 Å². The van der Waals surface area contributed by atoms with Crippen LogP contribution >= 0.6 is 0 Å². The number of rotatable bonds is 13. The van der Waals surface area contributed by atoms with Crippen molar-refractivity contribution in [3.63, 3.8) is 0 Å². The van der Waals surface area contributed by atoms with Gasteiger partial charge in [0.05, 0.1) is 42.5 Å². The van der Waals surface area contributed by atoms with Crippen LogP contribution in [0.4, 0.5) is 17.1 Å². The summed E-state index contributed by atoms with van der Waals surface area (Å²) in [6.07, 6.45) is 9.84. The summed E-state index contributed by atoms with van der Waals surface area (Å²) >= 11 is 0. The Labute approximate surface area is 208 Å². The molecule has 0 spiro atoms.